The standard InChI is InChI=1S/C27H31N7/c28-17-19-5-7-22(8-6-19)33-14-11-26-24(18-33)31-23-3-1-2-4-25(23)34(26)27-16-20(9-12-29-27)15-21-10-13-30-32-21/h5-10,12-13,16,23-26,31H,1-4,11,14-15,18H2,(H,30,32)/t23-,24-,25-,26?/m1/s1. The number of fused-ring (bicyclic) bond motifs is 2. The van der Waals surface area contributed by atoms with Gasteiger partial charge in [-0.05, 0) is 67.3 Å². The van der Waals surface area contributed by atoms with Crippen LogP contribution in [0.2, 0.25) is 0 Å². The number of pyridine rings is 1. The van der Waals surface area contributed by atoms with E-state index in [-0.39, 0.29) is 0 Å². The molecule has 1 saturated carbocycles. The molecule has 0 bridgehead atoms. The molecule has 1 aliphatic carbocycles. The fraction of sp³-hybridized carbons (Fsp3) is 0.444. The Bertz CT molecular complexity index is 1150. The molecule has 2 aliphatic heterocycles. The van der Waals surface area contributed by atoms with Crippen LogP contribution in [-0.2, 0) is 6.42 Å². The minimum atomic E-state index is 0.391. The maximum atomic E-state index is 9.14. The van der Waals surface area contributed by atoms with E-state index in [0.717, 1.165) is 37.4 Å². The highest BCUT2D eigenvalue weighted by Crippen LogP contribution is 2.37. The minimum absolute atomic E-state index is 0.391. The maximum Gasteiger partial charge on any atom is 0.129 e. The number of nitriles is 1. The van der Waals surface area contributed by atoms with Crippen molar-refractivity contribution in [1.82, 2.24) is 20.5 Å². The molecule has 2 N–H and O–H groups in total. The van der Waals surface area contributed by atoms with Crippen molar-refractivity contribution >= 4 is 11.5 Å². The van der Waals surface area contributed by atoms with Crippen LogP contribution in [0.3, 0.4) is 0 Å². The number of piperazine rings is 1. The zero-order valence-corrected chi connectivity index (χ0v) is 19.4. The number of aromatic amines is 1. The fourth-order valence-electron chi connectivity index (χ4n) is 6.23. The molecule has 4 heterocycles. The zero-order chi connectivity index (χ0) is 22.9. The SMILES string of the molecule is N#Cc1ccc(N2CCC3[C@@H](C2)N[C@@H]2CCCC[C@H]2N3c2cc(Cc3ccn[nH]3)ccn2)cc1. The van der Waals surface area contributed by atoms with Crippen LogP contribution in [0, 0.1) is 11.3 Å². The third-order valence-electron chi connectivity index (χ3n) is 7.84. The fourth-order valence-corrected chi connectivity index (χ4v) is 6.23. The molecule has 0 amide bonds. The summed E-state index contributed by atoms with van der Waals surface area (Å²) >= 11 is 0. The van der Waals surface area contributed by atoms with Crippen LogP contribution in [-0.4, -0.2) is 52.4 Å². The van der Waals surface area contributed by atoms with Crippen LogP contribution in [0.5, 0.6) is 0 Å². The van der Waals surface area contributed by atoms with Crippen molar-refractivity contribution in [3.05, 3.63) is 71.7 Å². The van der Waals surface area contributed by atoms with Gasteiger partial charge in [-0.3, -0.25) is 5.10 Å². The molecule has 2 saturated heterocycles. The first-order chi connectivity index (χ1) is 16.8. The van der Waals surface area contributed by atoms with Gasteiger partial charge in [0.2, 0.25) is 0 Å². The lowest BCUT2D eigenvalue weighted by atomic mass is 9.81. The Balaban J connectivity index is 1.27. The predicted molar refractivity (Wildman–Crippen MR) is 133 cm³/mol. The molecular weight excluding hydrogens is 422 g/mol. The number of nitrogens with zero attached hydrogens (tertiary/aromatic N) is 5. The van der Waals surface area contributed by atoms with Crippen LogP contribution in [0.25, 0.3) is 0 Å². The number of nitrogens with one attached hydrogen (secondary N) is 2. The van der Waals surface area contributed by atoms with E-state index in [1.807, 2.05) is 30.6 Å². The molecule has 6 rings (SSSR count). The molecular formula is C27H31N7. The maximum absolute atomic E-state index is 9.14. The van der Waals surface area contributed by atoms with Gasteiger partial charge in [0.05, 0.1) is 11.6 Å². The van der Waals surface area contributed by atoms with Crippen LogP contribution >= 0.6 is 0 Å². The molecule has 1 unspecified atom stereocenters. The number of aromatic nitrogens is 3. The van der Waals surface area contributed by atoms with E-state index in [1.165, 1.54) is 36.9 Å². The molecule has 3 fully saturated rings. The summed E-state index contributed by atoms with van der Waals surface area (Å²) in [7, 11) is 0. The number of rotatable bonds is 4. The molecule has 0 radical (unpaired) electrons. The Labute approximate surface area is 200 Å². The topological polar surface area (TPSA) is 83.9 Å². The molecule has 3 aliphatic rings. The summed E-state index contributed by atoms with van der Waals surface area (Å²) in [5.41, 5.74) is 4.32. The zero-order valence-electron chi connectivity index (χ0n) is 19.4. The predicted octanol–water partition coefficient (Wildman–Crippen LogP) is 3.64. The number of hydrogen-bond acceptors (Lipinski definition) is 6. The quantitative estimate of drug-likeness (QED) is 0.628. The van der Waals surface area contributed by atoms with Crippen LogP contribution in [0.15, 0.2) is 54.9 Å². The molecule has 2 aromatic heterocycles. The van der Waals surface area contributed by atoms with E-state index in [9.17, 15) is 0 Å². The smallest absolute Gasteiger partial charge is 0.129 e. The second-order valence-electron chi connectivity index (χ2n) is 9.88. The highest BCUT2D eigenvalue weighted by molar-refractivity contribution is 5.52. The van der Waals surface area contributed by atoms with E-state index in [0.29, 0.717) is 29.7 Å². The number of piperidine rings is 1. The van der Waals surface area contributed by atoms with E-state index in [4.69, 9.17) is 10.2 Å². The van der Waals surface area contributed by atoms with Gasteiger partial charge in [-0.1, -0.05) is 12.8 Å². The molecule has 3 aromatic rings. The van der Waals surface area contributed by atoms with Crippen molar-refractivity contribution in [2.75, 3.05) is 22.9 Å². The molecule has 1 aromatic carbocycles. The first-order valence-electron chi connectivity index (χ1n) is 12.5. The average molecular weight is 454 g/mol. The highest BCUT2D eigenvalue weighted by Gasteiger charge is 2.46. The first-order valence-corrected chi connectivity index (χ1v) is 12.5. The molecule has 7 heteroatoms. The summed E-state index contributed by atoms with van der Waals surface area (Å²) in [6.07, 6.45) is 10.8. The van der Waals surface area contributed by atoms with Gasteiger partial charge < -0.3 is 15.1 Å². The molecule has 7 nitrogen and oxygen atoms in total. The number of H-pyrrole nitrogens is 1. The lowest BCUT2D eigenvalue weighted by molar-refractivity contribution is 0.188. The van der Waals surface area contributed by atoms with Gasteiger partial charge in [0.25, 0.3) is 0 Å². The van der Waals surface area contributed by atoms with Crippen molar-refractivity contribution in [3.63, 3.8) is 0 Å². The lowest BCUT2D eigenvalue weighted by Crippen LogP contribution is -2.72. The first kappa shape index (κ1) is 21.2. The second kappa shape index (κ2) is 9.11. The summed E-state index contributed by atoms with van der Waals surface area (Å²) in [6, 6.07) is 18.5. The summed E-state index contributed by atoms with van der Waals surface area (Å²) < 4.78 is 0. The molecule has 0 spiro atoms. The van der Waals surface area contributed by atoms with Gasteiger partial charge in [0.1, 0.15) is 5.82 Å². The summed E-state index contributed by atoms with van der Waals surface area (Å²) in [4.78, 5) is 10.0. The van der Waals surface area contributed by atoms with Gasteiger partial charge in [0.15, 0.2) is 0 Å². The monoisotopic (exact) mass is 453 g/mol. The van der Waals surface area contributed by atoms with Crippen molar-refractivity contribution in [2.45, 2.75) is 62.7 Å². The Morgan fingerprint density at radius 1 is 0.971 bits per heavy atom. The largest absolute Gasteiger partial charge is 0.370 e. The van der Waals surface area contributed by atoms with Gasteiger partial charge in [-0.2, -0.15) is 10.4 Å². The molecule has 34 heavy (non-hydrogen) atoms. The van der Waals surface area contributed by atoms with Crippen LogP contribution < -0.4 is 15.1 Å². The average Bonchev–Trinajstić information content (AvgIpc) is 3.40. The van der Waals surface area contributed by atoms with Gasteiger partial charge in [-0.15, -0.1) is 0 Å². The Kier molecular flexibility index (Phi) is 5.68. The second-order valence-corrected chi connectivity index (χ2v) is 9.88. The van der Waals surface area contributed by atoms with Gasteiger partial charge >= 0.3 is 0 Å². The Morgan fingerprint density at radius 3 is 2.65 bits per heavy atom. The van der Waals surface area contributed by atoms with Gasteiger partial charge in [-0.25, -0.2) is 4.98 Å². The van der Waals surface area contributed by atoms with Crippen molar-refractivity contribution in [1.29, 1.82) is 5.26 Å². The lowest BCUT2D eigenvalue weighted by Gasteiger charge is -2.56. The van der Waals surface area contributed by atoms with Crippen molar-refractivity contribution in [3.8, 4) is 6.07 Å². The van der Waals surface area contributed by atoms with E-state index >= 15 is 0 Å². The minimum Gasteiger partial charge on any atom is -0.370 e. The number of benzene rings is 1. The highest BCUT2D eigenvalue weighted by atomic mass is 15.3. The van der Waals surface area contributed by atoms with Crippen LogP contribution in [0.4, 0.5) is 11.5 Å². The van der Waals surface area contributed by atoms with Crippen LogP contribution in [0.1, 0.15) is 48.9 Å². The third-order valence-corrected chi connectivity index (χ3v) is 7.84. The Hall–Kier alpha value is -3.37. The Morgan fingerprint density at radius 2 is 1.82 bits per heavy atom. The molecule has 174 valence electrons. The number of anilines is 2. The number of hydrogen-bond donors (Lipinski definition) is 2. The normalized spacial score (nSPS) is 26.4. The third kappa shape index (κ3) is 4.03. The summed E-state index contributed by atoms with van der Waals surface area (Å²) in [5, 5.41) is 20.4. The van der Waals surface area contributed by atoms with Crippen molar-refractivity contribution < 1.29 is 0 Å². The van der Waals surface area contributed by atoms with E-state index < -0.39 is 0 Å². The van der Waals surface area contributed by atoms with Gasteiger partial charge in [0, 0.05) is 67.5 Å². The summed E-state index contributed by atoms with van der Waals surface area (Å²) in [5.74, 6) is 1.12. The van der Waals surface area contributed by atoms with E-state index in [2.05, 4.69) is 55.6 Å². The summed E-state index contributed by atoms with van der Waals surface area (Å²) in [6.45, 7) is 1.99. The van der Waals surface area contributed by atoms with E-state index in [1.54, 1.807) is 0 Å². The molecule has 4 atom stereocenters. The van der Waals surface area contributed by atoms with Crippen molar-refractivity contribution in [2.24, 2.45) is 0 Å².